The first-order valence-corrected chi connectivity index (χ1v) is 7.62. The molecule has 1 atom stereocenters. The number of carbonyl (C=O) groups excluding carboxylic acids is 1. The van der Waals surface area contributed by atoms with Crippen molar-refractivity contribution in [1.29, 1.82) is 0 Å². The van der Waals surface area contributed by atoms with Crippen LogP contribution in [-0.4, -0.2) is 29.1 Å². The molecule has 1 unspecified atom stereocenters. The molecule has 1 aromatic rings. The molecule has 0 saturated carbocycles. The number of aliphatic hydroxyl groups is 1. The van der Waals surface area contributed by atoms with Crippen LogP contribution in [-0.2, 0) is 11.0 Å². The lowest BCUT2D eigenvalue weighted by molar-refractivity contribution is -0.137. The predicted octanol–water partition coefficient (Wildman–Crippen LogP) is 3.66. The molecule has 0 aliphatic rings. The third-order valence-electron chi connectivity index (χ3n) is 2.51. The third-order valence-corrected chi connectivity index (χ3v) is 4.12. The van der Waals surface area contributed by atoms with Crippen molar-refractivity contribution in [2.24, 2.45) is 5.92 Å². The van der Waals surface area contributed by atoms with Crippen LogP contribution in [0, 0.1) is 5.92 Å². The number of hydrogen-bond donors (Lipinski definition) is 2. The van der Waals surface area contributed by atoms with Gasteiger partial charge in [0.15, 0.2) is 0 Å². The van der Waals surface area contributed by atoms with Crippen LogP contribution in [0.25, 0.3) is 0 Å². The summed E-state index contributed by atoms with van der Waals surface area (Å²) in [5.41, 5.74) is -0.934. The van der Waals surface area contributed by atoms with Crippen LogP contribution in [0.1, 0.15) is 12.5 Å². The maximum atomic E-state index is 12.6. The zero-order valence-electron chi connectivity index (χ0n) is 11.2. The molecule has 8 heteroatoms. The normalized spacial score (nSPS) is 13.0. The number of carbonyl (C=O) groups is 1. The van der Waals surface area contributed by atoms with E-state index in [1.54, 1.807) is 0 Å². The summed E-state index contributed by atoms with van der Waals surface area (Å²) in [5.74, 6) is 0.281. The molecule has 0 heterocycles. The van der Waals surface area contributed by atoms with Crippen LogP contribution < -0.4 is 5.32 Å². The van der Waals surface area contributed by atoms with Crippen molar-refractivity contribution in [3.05, 3.63) is 28.8 Å². The minimum absolute atomic E-state index is 0.0219. The summed E-state index contributed by atoms with van der Waals surface area (Å²) in [6, 6.07) is 2.76. The number of thioether (sulfide) groups is 1. The van der Waals surface area contributed by atoms with Gasteiger partial charge in [-0.3, -0.25) is 4.79 Å². The number of halogens is 4. The molecule has 0 fully saturated rings. The standard InChI is InChI=1S/C13H15ClF3NO2S/c1-8(5-19)6-21-7-12(20)18-11-4-9(13(15,16)17)2-3-10(11)14/h2-4,8,19H,5-7H2,1H3,(H,18,20). The van der Waals surface area contributed by atoms with E-state index < -0.39 is 17.6 Å². The third kappa shape index (κ3) is 6.15. The van der Waals surface area contributed by atoms with Crippen molar-refractivity contribution in [3.63, 3.8) is 0 Å². The number of hydrogen-bond acceptors (Lipinski definition) is 3. The number of nitrogens with one attached hydrogen (secondary N) is 1. The molecule has 0 bridgehead atoms. The lowest BCUT2D eigenvalue weighted by atomic mass is 10.2. The second-order valence-electron chi connectivity index (χ2n) is 4.54. The monoisotopic (exact) mass is 341 g/mol. The van der Waals surface area contributed by atoms with Crippen molar-refractivity contribution in [3.8, 4) is 0 Å². The Hall–Kier alpha value is -0.920. The number of aliphatic hydroxyl groups excluding tert-OH is 1. The fourth-order valence-corrected chi connectivity index (χ4v) is 2.44. The van der Waals surface area contributed by atoms with Crippen LogP contribution in [0.3, 0.4) is 0 Å². The van der Waals surface area contributed by atoms with Crippen molar-refractivity contribution < 1.29 is 23.1 Å². The SMILES string of the molecule is CC(CO)CSCC(=O)Nc1cc(C(F)(F)F)ccc1Cl. The van der Waals surface area contributed by atoms with E-state index in [2.05, 4.69) is 5.32 Å². The number of amides is 1. The quantitative estimate of drug-likeness (QED) is 0.830. The zero-order chi connectivity index (χ0) is 16.0. The molecule has 0 aliphatic carbocycles. The Morgan fingerprint density at radius 1 is 1.48 bits per heavy atom. The number of anilines is 1. The molecule has 21 heavy (non-hydrogen) atoms. The first kappa shape index (κ1) is 18.1. The van der Waals surface area contributed by atoms with E-state index in [9.17, 15) is 18.0 Å². The molecule has 1 amide bonds. The smallest absolute Gasteiger partial charge is 0.396 e. The summed E-state index contributed by atoms with van der Waals surface area (Å²) >= 11 is 7.07. The lowest BCUT2D eigenvalue weighted by Gasteiger charge is -2.12. The minimum atomic E-state index is -4.49. The topological polar surface area (TPSA) is 49.3 Å². The van der Waals surface area contributed by atoms with E-state index in [0.717, 1.165) is 18.2 Å². The highest BCUT2D eigenvalue weighted by Gasteiger charge is 2.31. The van der Waals surface area contributed by atoms with Gasteiger partial charge in [0.1, 0.15) is 0 Å². The van der Waals surface area contributed by atoms with Gasteiger partial charge in [0, 0.05) is 6.61 Å². The molecule has 0 radical (unpaired) electrons. The molecule has 0 aliphatic heterocycles. The van der Waals surface area contributed by atoms with Crippen LogP contribution >= 0.6 is 23.4 Å². The Morgan fingerprint density at radius 3 is 2.71 bits per heavy atom. The summed E-state index contributed by atoms with van der Waals surface area (Å²) in [6.07, 6.45) is -4.49. The summed E-state index contributed by atoms with van der Waals surface area (Å²) in [4.78, 5) is 11.7. The molecule has 2 N–H and O–H groups in total. The number of rotatable bonds is 6. The first-order valence-electron chi connectivity index (χ1n) is 6.09. The van der Waals surface area contributed by atoms with Crippen LogP contribution in [0.2, 0.25) is 5.02 Å². The van der Waals surface area contributed by atoms with Gasteiger partial charge in [-0.25, -0.2) is 0 Å². The van der Waals surface area contributed by atoms with Gasteiger partial charge in [-0.1, -0.05) is 18.5 Å². The van der Waals surface area contributed by atoms with Crippen LogP contribution in [0.4, 0.5) is 18.9 Å². The molecule has 3 nitrogen and oxygen atoms in total. The Morgan fingerprint density at radius 2 is 2.14 bits per heavy atom. The van der Waals surface area contributed by atoms with Gasteiger partial charge in [-0.05, 0) is 29.9 Å². The molecular weight excluding hydrogens is 327 g/mol. The largest absolute Gasteiger partial charge is 0.416 e. The minimum Gasteiger partial charge on any atom is -0.396 e. The van der Waals surface area contributed by atoms with Crippen LogP contribution in [0.15, 0.2) is 18.2 Å². The molecular formula is C13H15ClF3NO2S. The number of benzene rings is 1. The van der Waals surface area contributed by atoms with E-state index in [4.69, 9.17) is 16.7 Å². The van der Waals surface area contributed by atoms with Gasteiger partial charge >= 0.3 is 6.18 Å². The van der Waals surface area contributed by atoms with Gasteiger partial charge in [-0.15, -0.1) is 0 Å². The van der Waals surface area contributed by atoms with Crippen molar-refractivity contribution >= 4 is 35.0 Å². The van der Waals surface area contributed by atoms with Gasteiger partial charge in [-0.2, -0.15) is 24.9 Å². The summed E-state index contributed by atoms with van der Waals surface area (Å²) in [5, 5.41) is 11.2. The highest BCUT2D eigenvalue weighted by molar-refractivity contribution is 7.99. The van der Waals surface area contributed by atoms with Crippen LogP contribution in [0.5, 0.6) is 0 Å². The second-order valence-corrected chi connectivity index (χ2v) is 5.98. The second kappa shape index (κ2) is 7.91. The summed E-state index contributed by atoms with van der Waals surface area (Å²) in [6.45, 7) is 1.85. The van der Waals surface area contributed by atoms with E-state index in [1.165, 1.54) is 11.8 Å². The molecule has 0 spiro atoms. The Bertz CT molecular complexity index is 497. The number of alkyl halides is 3. The van der Waals surface area contributed by atoms with Gasteiger partial charge in [0.05, 0.1) is 22.0 Å². The highest BCUT2D eigenvalue weighted by Crippen LogP contribution is 2.33. The molecule has 0 aromatic heterocycles. The van der Waals surface area contributed by atoms with E-state index in [1.807, 2.05) is 6.92 Å². The zero-order valence-corrected chi connectivity index (χ0v) is 12.8. The van der Waals surface area contributed by atoms with Crippen molar-refractivity contribution in [2.75, 3.05) is 23.4 Å². The van der Waals surface area contributed by atoms with E-state index in [-0.39, 0.29) is 29.0 Å². The average molecular weight is 342 g/mol. The average Bonchev–Trinajstić information content (AvgIpc) is 2.39. The van der Waals surface area contributed by atoms with Gasteiger partial charge in [0.2, 0.25) is 5.91 Å². The molecule has 1 rings (SSSR count). The molecule has 118 valence electrons. The fourth-order valence-electron chi connectivity index (χ4n) is 1.39. The summed E-state index contributed by atoms with van der Waals surface area (Å²) in [7, 11) is 0. The maximum absolute atomic E-state index is 12.6. The molecule has 1 aromatic carbocycles. The van der Waals surface area contributed by atoms with Gasteiger partial charge in [0.25, 0.3) is 0 Å². The maximum Gasteiger partial charge on any atom is 0.416 e. The van der Waals surface area contributed by atoms with Crippen molar-refractivity contribution in [2.45, 2.75) is 13.1 Å². The lowest BCUT2D eigenvalue weighted by Crippen LogP contribution is -2.16. The Labute approximate surface area is 129 Å². The van der Waals surface area contributed by atoms with Crippen molar-refractivity contribution in [1.82, 2.24) is 0 Å². The first-order chi connectivity index (χ1) is 9.74. The predicted molar refractivity (Wildman–Crippen MR) is 78.7 cm³/mol. The summed E-state index contributed by atoms with van der Waals surface area (Å²) < 4.78 is 37.8. The highest BCUT2D eigenvalue weighted by atomic mass is 35.5. The van der Waals surface area contributed by atoms with Gasteiger partial charge < -0.3 is 10.4 Å². The molecule has 0 saturated heterocycles. The Kier molecular flexibility index (Phi) is 6.83. The fraction of sp³-hybridized carbons (Fsp3) is 0.462. The van der Waals surface area contributed by atoms with E-state index >= 15 is 0 Å². The van der Waals surface area contributed by atoms with E-state index in [0.29, 0.717) is 5.75 Å². The Balaban J connectivity index is 2.63.